The Kier molecular flexibility index (Phi) is 6.83. The molecule has 0 aliphatic rings. The van der Waals surface area contributed by atoms with Crippen molar-refractivity contribution in [1.82, 2.24) is 0 Å². The van der Waals surface area contributed by atoms with Gasteiger partial charge in [0, 0.05) is 5.69 Å². The van der Waals surface area contributed by atoms with Gasteiger partial charge in [-0.05, 0) is 48.4 Å². The Bertz CT molecular complexity index is 942. The van der Waals surface area contributed by atoms with Crippen LogP contribution in [0.4, 0.5) is 5.69 Å². The summed E-state index contributed by atoms with van der Waals surface area (Å²) in [5, 5.41) is 12.2. The van der Waals surface area contributed by atoms with Crippen LogP contribution >= 0.6 is 23.2 Å². The number of halogens is 2. The van der Waals surface area contributed by atoms with Crippen molar-refractivity contribution in [3.63, 3.8) is 0 Å². The average molecular weight is 404 g/mol. The third-order valence-electron chi connectivity index (χ3n) is 3.33. The lowest BCUT2D eigenvalue weighted by Gasteiger charge is -2.10. The maximum absolute atomic E-state index is 12.3. The molecule has 0 radical (unpaired) electrons. The van der Waals surface area contributed by atoms with E-state index in [4.69, 9.17) is 33.7 Å². The predicted octanol–water partition coefficient (Wildman–Crippen LogP) is 3.71. The number of nitrogens with zero attached hydrogens (tertiary/aromatic N) is 1. The maximum Gasteiger partial charge on any atom is 0.266 e. The van der Waals surface area contributed by atoms with Crippen molar-refractivity contribution in [2.75, 3.05) is 11.9 Å². The molecule has 3 N–H and O–H groups in total. The summed E-state index contributed by atoms with van der Waals surface area (Å²) in [5.74, 6) is -1.15. The van der Waals surface area contributed by atoms with E-state index in [1.165, 1.54) is 18.2 Å². The zero-order chi connectivity index (χ0) is 20.0. The summed E-state index contributed by atoms with van der Waals surface area (Å²) in [7, 11) is 0. The van der Waals surface area contributed by atoms with E-state index in [1.807, 2.05) is 19.1 Å². The first kappa shape index (κ1) is 20.3. The van der Waals surface area contributed by atoms with Crippen LogP contribution in [0.3, 0.4) is 0 Å². The Morgan fingerprint density at radius 1 is 1.26 bits per heavy atom. The third kappa shape index (κ3) is 5.74. The lowest BCUT2D eigenvalue weighted by atomic mass is 10.1. The summed E-state index contributed by atoms with van der Waals surface area (Å²) in [6, 6.07) is 12.0. The molecular formula is C19H15Cl2N3O3. The van der Waals surface area contributed by atoms with Crippen LogP contribution in [0.15, 0.2) is 42.0 Å². The highest BCUT2D eigenvalue weighted by atomic mass is 35.5. The molecule has 0 aliphatic carbocycles. The fourth-order valence-corrected chi connectivity index (χ4v) is 2.79. The standard InChI is InChI=1S/C19H15Cl2N3O3/c1-11-3-2-4-14(5-11)24-19(26)13(9-22)6-12-7-15(20)18(16(21)8-12)27-10-17(23)25/h2-8H,10H2,1H3,(H2,23,25)(H,24,26)/b13-6+. The third-order valence-corrected chi connectivity index (χ3v) is 3.89. The van der Waals surface area contributed by atoms with Crippen molar-refractivity contribution in [2.24, 2.45) is 5.73 Å². The van der Waals surface area contributed by atoms with Crippen LogP contribution < -0.4 is 15.8 Å². The van der Waals surface area contributed by atoms with Crippen molar-refractivity contribution in [2.45, 2.75) is 6.92 Å². The monoisotopic (exact) mass is 403 g/mol. The first-order chi connectivity index (χ1) is 12.8. The Hall–Kier alpha value is -3.01. The molecule has 0 aliphatic heterocycles. The molecule has 2 aromatic rings. The minimum atomic E-state index is -0.675. The maximum atomic E-state index is 12.3. The molecule has 138 valence electrons. The van der Waals surface area contributed by atoms with Crippen LogP contribution in [-0.4, -0.2) is 18.4 Å². The van der Waals surface area contributed by atoms with E-state index in [1.54, 1.807) is 18.2 Å². The molecule has 6 nitrogen and oxygen atoms in total. The molecule has 0 saturated heterocycles. The van der Waals surface area contributed by atoms with Gasteiger partial charge >= 0.3 is 0 Å². The molecule has 2 rings (SSSR count). The second kappa shape index (κ2) is 9.08. The number of rotatable bonds is 6. The summed E-state index contributed by atoms with van der Waals surface area (Å²) in [6.07, 6.45) is 1.35. The fourth-order valence-electron chi connectivity index (χ4n) is 2.18. The number of carbonyl (C=O) groups is 2. The Morgan fingerprint density at radius 2 is 1.93 bits per heavy atom. The second-order valence-corrected chi connectivity index (χ2v) is 6.38. The van der Waals surface area contributed by atoms with Gasteiger partial charge in [-0.25, -0.2) is 0 Å². The lowest BCUT2D eigenvalue weighted by Crippen LogP contribution is -2.20. The summed E-state index contributed by atoms with van der Waals surface area (Å²) in [6.45, 7) is 1.51. The van der Waals surface area contributed by atoms with Crippen LogP contribution in [-0.2, 0) is 9.59 Å². The molecule has 0 saturated carbocycles. The number of aryl methyl sites for hydroxylation is 1. The van der Waals surface area contributed by atoms with Gasteiger partial charge in [-0.15, -0.1) is 0 Å². The number of hydrogen-bond donors (Lipinski definition) is 2. The second-order valence-electron chi connectivity index (χ2n) is 5.56. The first-order valence-electron chi connectivity index (χ1n) is 7.70. The molecule has 0 aromatic heterocycles. The van der Waals surface area contributed by atoms with Gasteiger partial charge in [-0.1, -0.05) is 35.3 Å². The number of amides is 2. The van der Waals surface area contributed by atoms with Crippen molar-refractivity contribution in [3.05, 3.63) is 63.1 Å². The Balaban J connectivity index is 2.25. The van der Waals surface area contributed by atoms with E-state index in [0.29, 0.717) is 11.3 Å². The number of primary amides is 1. The summed E-state index contributed by atoms with van der Waals surface area (Å²) in [5.41, 5.74) is 6.86. The van der Waals surface area contributed by atoms with E-state index >= 15 is 0 Å². The normalized spacial score (nSPS) is 10.8. The number of nitriles is 1. The van der Waals surface area contributed by atoms with Crippen LogP contribution in [0.25, 0.3) is 6.08 Å². The first-order valence-corrected chi connectivity index (χ1v) is 8.45. The zero-order valence-corrected chi connectivity index (χ0v) is 15.8. The van der Waals surface area contributed by atoms with E-state index in [-0.39, 0.29) is 28.0 Å². The van der Waals surface area contributed by atoms with Crippen LogP contribution in [0, 0.1) is 18.3 Å². The highest BCUT2D eigenvalue weighted by Gasteiger charge is 2.13. The molecule has 0 unspecified atom stereocenters. The number of hydrogen-bond acceptors (Lipinski definition) is 4. The van der Waals surface area contributed by atoms with E-state index in [9.17, 15) is 14.9 Å². The zero-order valence-electron chi connectivity index (χ0n) is 14.3. The van der Waals surface area contributed by atoms with Gasteiger partial charge < -0.3 is 15.8 Å². The number of anilines is 1. The number of nitrogens with one attached hydrogen (secondary N) is 1. The topological polar surface area (TPSA) is 105 Å². The molecule has 0 atom stereocenters. The molecule has 0 spiro atoms. The SMILES string of the molecule is Cc1cccc(NC(=O)/C(C#N)=C/c2cc(Cl)c(OCC(N)=O)c(Cl)c2)c1. The van der Waals surface area contributed by atoms with E-state index < -0.39 is 11.8 Å². The quantitative estimate of drug-likeness (QED) is 0.566. The highest BCUT2D eigenvalue weighted by Crippen LogP contribution is 2.34. The smallest absolute Gasteiger partial charge is 0.266 e. The lowest BCUT2D eigenvalue weighted by molar-refractivity contribution is -0.120. The average Bonchev–Trinajstić information content (AvgIpc) is 2.58. The van der Waals surface area contributed by atoms with E-state index in [0.717, 1.165) is 5.56 Å². The van der Waals surface area contributed by atoms with Gasteiger partial charge in [0.2, 0.25) is 0 Å². The summed E-state index contributed by atoms with van der Waals surface area (Å²) >= 11 is 12.2. The predicted molar refractivity (Wildman–Crippen MR) is 105 cm³/mol. The number of benzene rings is 2. The molecule has 2 aromatic carbocycles. The summed E-state index contributed by atoms with van der Waals surface area (Å²) < 4.78 is 5.15. The van der Waals surface area contributed by atoms with Gasteiger partial charge in [0.05, 0.1) is 10.0 Å². The van der Waals surface area contributed by atoms with E-state index in [2.05, 4.69) is 5.32 Å². The number of carbonyl (C=O) groups excluding carboxylic acids is 2. The Morgan fingerprint density at radius 3 is 2.48 bits per heavy atom. The molecule has 2 amide bonds. The van der Waals surface area contributed by atoms with Gasteiger partial charge in [0.15, 0.2) is 12.4 Å². The van der Waals surface area contributed by atoms with Crippen LogP contribution in [0.5, 0.6) is 5.75 Å². The van der Waals surface area contributed by atoms with Gasteiger partial charge in [-0.2, -0.15) is 5.26 Å². The van der Waals surface area contributed by atoms with Crippen molar-refractivity contribution >= 4 is 46.8 Å². The molecule has 0 heterocycles. The molecule has 27 heavy (non-hydrogen) atoms. The van der Waals surface area contributed by atoms with Gasteiger partial charge in [0.25, 0.3) is 11.8 Å². The van der Waals surface area contributed by atoms with Crippen molar-refractivity contribution < 1.29 is 14.3 Å². The minimum Gasteiger partial charge on any atom is -0.481 e. The van der Waals surface area contributed by atoms with Crippen molar-refractivity contribution in [1.29, 1.82) is 5.26 Å². The number of nitrogens with two attached hydrogens (primary N) is 1. The van der Waals surface area contributed by atoms with Gasteiger partial charge in [0.1, 0.15) is 11.6 Å². The molecule has 0 bridgehead atoms. The molecule has 0 fully saturated rings. The fraction of sp³-hybridized carbons (Fsp3) is 0.105. The minimum absolute atomic E-state index is 0.0944. The molecule has 8 heteroatoms. The van der Waals surface area contributed by atoms with Crippen LogP contribution in [0.2, 0.25) is 10.0 Å². The number of ether oxygens (including phenoxy) is 1. The molecular weight excluding hydrogens is 389 g/mol. The highest BCUT2D eigenvalue weighted by molar-refractivity contribution is 6.37. The Labute approximate surface area is 166 Å². The van der Waals surface area contributed by atoms with Crippen molar-refractivity contribution in [3.8, 4) is 11.8 Å². The largest absolute Gasteiger partial charge is 0.481 e. The van der Waals surface area contributed by atoms with Gasteiger partial charge in [-0.3, -0.25) is 9.59 Å². The summed E-state index contributed by atoms with van der Waals surface area (Å²) in [4.78, 5) is 23.1. The van der Waals surface area contributed by atoms with Crippen LogP contribution in [0.1, 0.15) is 11.1 Å².